The molecule has 0 heterocycles. The van der Waals surface area contributed by atoms with Crippen LogP contribution in [0.5, 0.6) is 5.75 Å². The van der Waals surface area contributed by atoms with E-state index in [9.17, 15) is 4.39 Å². The molecule has 0 atom stereocenters. The first-order valence-electron chi connectivity index (χ1n) is 5.21. The normalized spacial score (nSPS) is 11.3. The summed E-state index contributed by atoms with van der Waals surface area (Å²) >= 11 is 0. The summed E-state index contributed by atoms with van der Waals surface area (Å²) in [6, 6.07) is 4.28. The molecule has 0 radical (unpaired) electrons. The summed E-state index contributed by atoms with van der Waals surface area (Å²) in [4.78, 5) is 0. The fraction of sp³-hybridized carbons (Fsp3) is 0.364. The van der Waals surface area contributed by atoms with E-state index in [1.54, 1.807) is 6.07 Å². The van der Waals surface area contributed by atoms with Gasteiger partial charge in [0.15, 0.2) is 0 Å². The van der Waals surface area contributed by atoms with Gasteiger partial charge in [0.05, 0.1) is 12.8 Å². The van der Waals surface area contributed by atoms with Crippen LogP contribution in [0.1, 0.15) is 12.8 Å². The number of ether oxygens (including phenoxy) is 1. The number of hydrogen-bond donors (Lipinski definition) is 3. The molecular formula is C11H16FN3O2. The third-order valence-electron chi connectivity index (χ3n) is 2.22. The Hall–Kier alpha value is -1.98. The molecule has 17 heavy (non-hydrogen) atoms. The second-order valence-electron chi connectivity index (χ2n) is 3.47. The predicted octanol–water partition coefficient (Wildman–Crippen LogP) is 1.77. The van der Waals surface area contributed by atoms with E-state index < -0.39 is 0 Å². The molecule has 0 saturated heterocycles. The van der Waals surface area contributed by atoms with Gasteiger partial charge in [-0.15, -0.1) is 0 Å². The number of amidine groups is 1. The van der Waals surface area contributed by atoms with Crippen LogP contribution in [0.15, 0.2) is 23.4 Å². The summed E-state index contributed by atoms with van der Waals surface area (Å²) in [5.74, 6) is 0.302. The monoisotopic (exact) mass is 241 g/mol. The minimum atomic E-state index is -0.343. The van der Waals surface area contributed by atoms with Crippen molar-refractivity contribution >= 4 is 11.5 Å². The first kappa shape index (κ1) is 13.1. The molecule has 0 aliphatic heterocycles. The van der Waals surface area contributed by atoms with Gasteiger partial charge in [0.2, 0.25) is 0 Å². The lowest BCUT2D eigenvalue weighted by Gasteiger charge is -2.10. The molecule has 6 heteroatoms. The van der Waals surface area contributed by atoms with Gasteiger partial charge >= 0.3 is 0 Å². The van der Waals surface area contributed by atoms with Crippen molar-refractivity contribution in [2.75, 3.05) is 19.0 Å². The molecule has 0 aromatic heterocycles. The summed E-state index contributed by atoms with van der Waals surface area (Å²) in [7, 11) is 1.48. The Kier molecular flexibility index (Phi) is 5.06. The maximum atomic E-state index is 12.9. The zero-order chi connectivity index (χ0) is 12.7. The molecule has 0 aliphatic rings. The van der Waals surface area contributed by atoms with Gasteiger partial charge in [-0.25, -0.2) is 4.39 Å². The summed E-state index contributed by atoms with van der Waals surface area (Å²) < 4.78 is 17.9. The highest BCUT2D eigenvalue weighted by molar-refractivity contribution is 5.79. The number of anilines is 1. The maximum absolute atomic E-state index is 12.9. The molecule has 4 N–H and O–H groups in total. The number of oxime groups is 1. The highest BCUT2D eigenvalue weighted by Gasteiger charge is 2.03. The minimum Gasteiger partial charge on any atom is -0.494 e. The van der Waals surface area contributed by atoms with Gasteiger partial charge in [-0.1, -0.05) is 5.16 Å². The number of rotatable bonds is 6. The van der Waals surface area contributed by atoms with E-state index in [4.69, 9.17) is 15.7 Å². The Labute approximate surface area is 99.1 Å². The average molecular weight is 241 g/mol. The number of nitrogens with two attached hydrogens (primary N) is 1. The zero-order valence-corrected chi connectivity index (χ0v) is 9.61. The van der Waals surface area contributed by atoms with Crippen molar-refractivity contribution < 1.29 is 14.3 Å². The van der Waals surface area contributed by atoms with Crippen LogP contribution in [-0.2, 0) is 0 Å². The highest BCUT2D eigenvalue weighted by Crippen LogP contribution is 2.24. The Bertz CT molecular complexity index is 396. The summed E-state index contributed by atoms with van der Waals surface area (Å²) in [6.45, 7) is 0.623. The van der Waals surface area contributed by atoms with Crippen LogP contribution in [0, 0.1) is 5.82 Å². The quantitative estimate of drug-likeness (QED) is 0.233. The van der Waals surface area contributed by atoms with Crippen LogP contribution < -0.4 is 15.8 Å². The van der Waals surface area contributed by atoms with Gasteiger partial charge in [-0.05, 0) is 18.6 Å². The molecule has 0 unspecified atom stereocenters. The van der Waals surface area contributed by atoms with Gasteiger partial charge in [0, 0.05) is 19.0 Å². The Morgan fingerprint density at radius 2 is 2.35 bits per heavy atom. The van der Waals surface area contributed by atoms with Crippen molar-refractivity contribution in [3.63, 3.8) is 0 Å². The van der Waals surface area contributed by atoms with Gasteiger partial charge in [-0.2, -0.15) is 0 Å². The van der Waals surface area contributed by atoms with Gasteiger partial charge in [0.1, 0.15) is 17.4 Å². The van der Waals surface area contributed by atoms with Crippen molar-refractivity contribution in [1.82, 2.24) is 0 Å². The molecule has 1 rings (SSSR count). The number of benzene rings is 1. The molecule has 1 aromatic carbocycles. The van der Waals surface area contributed by atoms with E-state index in [1.165, 1.54) is 19.2 Å². The highest BCUT2D eigenvalue weighted by atomic mass is 19.1. The molecule has 5 nitrogen and oxygen atoms in total. The van der Waals surface area contributed by atoms with Crippen molar-refractivity contribution in [1.29, 1.82) is 0 Å². The molecule has 94 valence electrons. The number of nitrogens with zero attached hydrogens (tertiary/aromatic N) is 1. The smallest absolute Gasteiger partial charge is 0.144 e. The molecule has 0 amide bonds. The molecule has 0 saturated carbocycles. The molecule has 0 bridgehead atoms. The summed E-state index contributed by atoms with van der Waals surface area (Å²) in [5.41, 5.74) is 6.04. The second kappa shape index (κ2) is 6.57. The van der Waals surface area contributed by atoms with E-state index in [-0.39, 0.29) is 11.7 Å². The van der Waals surface area contributed by atoms with Crippen molar-refractivity contribution in [2.24, 2.45) is 10.9 Å². The van der Waals surface area contributed by atoms with Crippen molar-refractivity contribution in [3.8, 4) is 5.75 Å². The number of hydrogen-bond acceptors (Lipinski definition) is 4. The standard InChI is InChI=1S/C11H16FN3O2/c1-17-10-7-8(12)4-5-9(10)14-6-2-3-11(13)15-16/h4-5,7,14,16H,2-3,6H2,1H3,(H2,13,15). The average Bonchev–Trinajstić information content (AvgIpc) is 2.35. The van der Waals surface area contributed by atoms with E-state index in [0.717, 1.165) is 0 Å². The fourth-order valence-corrected chi connectivity index (χ4v) is 1.35. The molecular weight excluding hydrogens is 225 g/mol. The van der Waals surface area contributed by atoms with Crippen molar-refractivity contribution in [3.05, 3.63) is 24.0 Å². The Balaban J connectivity index is 2.46. The van der Waals surface area contributed by atoms with Crippen molar-refractivity contribution in [2.45, 2.75) is 12.8 Å². The Morgan fingerprint density at radius 1 is 1.59 bits per heavy atom. The lowest BCUT2D eigenvalue weighted by molar-refractivity contribution is 0.316. The molecule has 1 aromatic rings. The van der Waals surface area contributed by atoms with Gasteiger partial charge < -0.3 is 21.0 Å². The van der Waals surface area contributed by atoms with E-state index in [2.05, 4.69) is 10.5 Å². The molecule has 0 spiro atoms. The maximum Gasteiger partial charge on any atom is 0.144 e. The van der Waals surface area contributed by atoms with Gasteiger partial charge in [0.25, 0.3) is 0 Å². The molecule has 0 aliphatic carbocycles. The summed E-state index contributed by atoms with van der Waals surface area (Å²) in [5, 5.41) is 14.3. The topological polar surface area (TPSA) is 79.9 Å². The lowest BCUT2D eigenvalue weighted by Crippen LogP contribution is -2.13. The van der Waals surface area contributed by atoms with Crippen LogP contribution >= 0.6 is 0 Å². The third kappa shape index (κ3) is 4.18. The van der Waals surface area contributed by atoms with Crippen LogP contribution in [0.25, 0.3) is 0 Å². The lowest BCUT2D eigenvalue weighted by atomic mass is 10.2. The predicted molar refractivity (Wildman–Crippen MR) is 64.1 cm³/mol. The first-order valence-corrected chi connectivity index (χ1v) is 5.21. The summed E-state index contributed by atoms with van der Waals surface area (Å²) in [6.07, 6.45) is 1.20. The van der Waals surface area contributed by atoms with Crippen LogP contribution in [0.4, 0.5) is 10.1 Å². The molecule has 0 fully saturated rings. The van der Waals surface area contributed by atoms with Crippen LogP contribution in [0.3, 0.4) is 0 Å². The largest absolute Gasteiger partial charge is 0.494 e. The van der Waals surface area contributed by atoms with E-state index >= 15 is 0 Å². The SMILES string of the molecule is COc1cc(F)ccc1NCCC/C(N)=N/O. The van der Waals surface area contributed by atoms with Gasteiger partial charge in [-0.3, -0.25) is 0 Å². The first-order chi connectivity index (χ1) is 8.17. The Morgan fingerprint density at radius 3 is 3.00 bits per heavy atom. The third-order valence-corrected chi connectivity index (χ3v) is 2.22. The van der Waals surface area contributed by atoms with E-state index in [0.29, 0.717) is 30.8 Å². The minimum absolute atomic E-state index is 0.192. The zero-order valence-electron chi connectivity index (χ0n) is 9.61. The number of nitrogens with one attached hydrogen (secondary N) is 1. The number of methoxy groups -OCH3 is 1. The van der Waals surface area contributed by atoms with Crippen LogP contribution in [-0.4, -0.2) is 24.7 Å². The second-order valence-corrected chi connectivity index (χ2v) is 3.47. The fourth-order valence-electron chi connectivity index (χ4n) is 1.35. The van der Waals surface area contributed by atoms with E-state index in [1.807, 2.05) is 0 Å². The van der Waals surface area contributed by atoms with Crippen LogP contribution in [0.2, 0.25) is 0 Å². The number of halogens is 1.